The van der Waals surface area contributed by atoms with Crippen molar-refractivity contribution in [3.8, 4) is 5.75 Å². The van der Waals surface area contributed by atoms with E-state index in [1.807, 2.05) is 0 Å². The Kier molecular flexibility index (Phi) is 4.29. The van der Waals surface area contributed by atoms with E-state index in [9.17, 15) is 27.7 Å². The number of benzene rings is 2. The van der Waals surface area contributed by atoms with Crippen molar-refractivity contribution >= 4 is 21.7 Å². The third-order valence-corrected chi connectivity index (χ3v) is 4.19. The van der Waals surface area contributed by atoms with Crippen molar-refractivity contribution in [1.29, 1.82) is 0 Å². The van der Waals surface area contributed by atoms with Crippen LogP contribution >= 0.6 is 0 Å². The van der Waals surface area contributed by atoms with Gasteiger partial charge in [0.1, 0.15) is 10.6 Å². The minimum Gasteiger partial charge on any atom is -1.00 e. The molecule has 2 aromatic carbocycles. The van der Waals surface area contributed by atoms with Gasteiger partial charge in [-0.1, -0.05) is 24.3 Å². The summed E-state index contributed by atoms with van der Waals surface area (Å²) in [6.45, 7) is 0. The van der Waals surface area contributed by atoms with Crippen molar-refractivity contribution in [1.82, 2.24) is 0 Å². The summed E-state index contributed by atoms with van der Waals surface area (Å²) >= 11 is 0. The zero-order valence-electron chi connectivity index (χ0n) is 12.4. The molecule has 0 saturated carbocycles. The molecular formula is C14H9NaO6S. The smallest absolute Gasteiger partial charge is 1.00 e. The summed E-state index contributed by atoms with van der Waals surface area (Å²) in [5.74, 6) is -1.91. The largest absolute Gasteiger partial charge is 1.00 e. The van der Waals surface area contributed by atoms with E-state index in [2.05, 4.69) is 0 Å². The second kappa shape index (κ2) is 5.60. The molecule has 2 aromatic rings. The summed E-state index contributed by atoms with van der Waals surface area (Å²) < 4.78 is 32.0. The Morgan fingerprint density at radius 3 is 1.86 bits per heavy atom. The van der Waals surface area contributed by atoms with Crippen LogP contribution in [0.4, 0.5) is 0 Å². The molecule has 8 heteroatoms. The van der Waals surface area contributed by atoms with Gasteiger partial charge in [-0.25, -0.2) is 0 Å². The molecule has 1 aliphatic rings. The van der Waals surface area contributed by atoms with Gasteiger partial charge < -0.3 is 6.53 Å². The van der Waals surface area contributed by atoms with Gasteiger partial charge in [-0.05, 0) is 12.1 Å². The summed E-state index contributed by atoms with van der Waals surface area (Å²) in [6.07, 6.45) is 0. The van der Waals surface area contributed by atoms with E-state index in [0.29, 0.717) is 0 Å². The van der Waals surface area contributed by atoms with Crippen molar-refractivity contribution in [2.75, 3.05) is 0 Å². The van der Waals surface area contributed by atoms with E-state index in [-0.39, 0.29) is 42.1 Å². The number of phenolic OH excluding ortho intramolecular Hbond substituents is 1. The van der Waals surface area contributed by atoms with Gasteiger partial charge in [-0.2, -0.15) is 8.42 Å². The van der Waals surface area contributed by atoms with Crippen molar-refractivity contribution in [2.24, 2.45) is 0 Å². The monoisotopic (exact) mass is 328 g/mol. The van der Waals surface area contributed by atoms with Crippen LogP contribution < -0.4 is 29.6 Å². The normalized spacial score (nSPS) is 13.1. The summed E-state index contributed by atoms with van der Waals surface area (Å²) in [6, 6.07) is 7.74. The summed E-state index contributed by atoms with van der Waals surface area (Å²) in [7, 11) is -4.70. The molecule has 0 spiro atoms. The standard InChI is InChI=1S/C14H8O6S.Na.H/c15-9-5-6-10(21(18,19)20)12-11(9)13(16)7-3-1-2-4-8(7)14(12)17;;/h1-6,15H,(H,18,19,20);;/q;+1;-1. The van der Waals surface area contributed by atoms with Gasteiger partial charge in [-0.15, -0.1) is 0 Å². The van der Waals surface area contributed by atoms with Crippen LogP contribution in [0, 0.1) is 0 Å². The first kappa shape index (κ1) is 16.9. The van der Waals surface area contributed by atoms with Crippen LogP contribution in [0.2, 0.25) is 0 Å². The van der Waals surface area contributed by atoms with E-state index in [1.54, 1.807) is 6.07 Å². The number of fused-ring (bicyclic) bond motifs is 2. The predicted octanol–water partition coefficient (Wildman–Crippen LogP) is -1.47. The Labute approximate surface area is 149 Å². The van der Waals surface area contributed by atoms with Crippen molar-refractivity contribution in [3.63, 3.8) is 0 Å². The van der Waals surface area contributed by atoms with Crippen LogP contribution in [0.3, 0.4) is 0 Å². The molecule has 0 bridgehead atoms. The fraction of sp³-hybridized carbons (Fsp3) is 0. The Morgan fingerprint density at radius 2 is 1.36 bits per heavy atom. The van der Waals surface area contributed by atoms with Crippen molar-refractivity contribution < 1.29 is 58.7 Å². The molecule has 0 unspecified atom stereocenters. The molecule has 0 radical (unpaired) electrons. The molecule has 0 atom stereocenters. The number of ketones is 2. The van der Waals surface area contributed by atoms with Gasteiger partial charge in [0.2, 0.25) is 0 Å². The summed E-state index contributed by atoms with van der Waals surface area (Å²) in [5.41, 5.74) is -0.793. The molecule has 3 rings (SSSR count). The fourth-order valence-electron chi connectivity index (χ4n) is 2.39. The molecular weight excluding hydrogens is 319 g/mol. The molecule has 22 heavy (non-hydrogen) atoms. The SMILES string of the molecule is O=C1c2ccccc2C(=O)c2c(S(=O)(=O)O)ccc(O)c21.[H-].[Na+]. The second-order valence-corrected chi connectivity index (χ2v) is 5.90. The van der Waals surface area contributed by atoms with Crippen LogP contribution in [0.1, 0.15) is 33.3 Å². The maximum absolute atomic E-state index is 12.4. The van der Waals surface area contributed by atoms with Crippen LogP contribution in [0.25, 0.3) is 0 Å². The molecule has 0 fully saturated rings. The topological polar surface area (TPSA) is 109 Å². The number of rotatable bonds is 1. The summed E-state index contributed by atoms with van der Waals surface area (Å²) in [4.78, 5) is 24.1. The Morgan fingerprint density at radius 1 is 0.864 bits per heavy atom. The van der Waals surface area contributed by atoms with Crippen molar-refractivity contribution in [3.05, 3.63) is 58.7 Å². The number of carbonyl (C=O) groups is 2. The molecule has 2 N–H and O–H groups in total. The Bertz CT molecular complexity index is 923. The molecule has 0 aromatic heterocycles. The molecule has 6 nitrogen and oxygen atoms in total. The zero-order chi connectivity index (χ0) is 15.4. The minimum absolute atomic E-state index is 0. The molecule has 0 aliphatic heterocycles. The van der Waals surface area contributed by atoms with Gasteiger partial charge in [-0.3, -0.25) is 14.1 Å². The van der Waals surface area contributed by atoms with E-state index < -0.39 is 43.5 Å². The Hall–Kier alpha value is -1.51. The molecule has 0 amide bonds. The van der Waals surface area contributed by atoms with Gasteiger partial charge in [0.15, 0.2) is 11.6 Å². The van der Waals surface area contributed by atoms with Gasteiger partial charge in [0, 0.05) is 11.1 Å². The van der Waals surface area contributed by atoms with E-state index in [0.717, 1.165) is 12.1 Å². The second-order valence-electron chi connectivity index (χ2n) is 4.51. The van der Waals surface area contributed by atoms with Crippen LogP contribution in [0.5, 0.6) is 5.75 Å². The first-order valence-electron chi connectivity index (χ1n) is 5.84. The number of carbonyl (C=O) groups excluding carboxylic acids is 2. The maximum atomic E-state index is 12.4. The molecule has 0 heterocycles. The van der Waals surface area contributed by atoms with E-state index in [4.69, 9.17) is 0 Å². The maximum Gasteiger partial charge on any atom is 1.00 e. The molecule has 0 saturated heterocycles. The average molecular weight is 328 g/mol. The summed E-state index contributed by atoms with van der Waals surface area (Å²) in [5, 5.41) is 9.81. The Balaban J connectivity index is 0.00000132. The average Bonchev–Trinajstić information content (AvgIpc) is 2.43. The third kappa shape index (κ3) is 2.41. The van der Waals surface area contributed by atoms with Gasteiger partial charge in [0.25, 0.3) is 10.1 Å². The first-order chi connectivity index (χ1) is 9.82. The fourth-order valence-corrected chi connectivity index (χ4v) is 3.08. The van der Waals surface area contributed by atoms with E-state index >= 15 is 0 Å². The van der Waals surface area contributed by atoms with Crippen LogP contribution in [0.15, 0.2) is 41.3 Å². The third-order valence-electron chi connectivity index (χ3n) is 3.29. The van der Waals surface area contributed by atoms with Crippen molar-refractivity contribution in [2.45, 2.75) is 4.90 Å². The minimum atomic E-state index is -4.70. The number of hydrogen-bond donors (Lipinski definition) is 2. The molecule has 1 aliphatic carbocycles. The van der Waals surface area contributed by atoms with Gasteiger partial charge in [0.05, 0.1) is 11.1 Å². The quantitative estimate of drug-likeness (QED) is 0.417. The zero-order valence-corrected chi connectivity index (χ0v) is 14.2. The number of phenols is 1. The van der Waals surface area contributed by atoms with Crippen LogP contribution in [-0.4, -0.2) is 29.6 Å². The first-order valence-corrected chi connectivity index (χ1v) is 7.28. The number of hydrogen-bond acceptors (Lipinski definition) is 5. The predicted molar refractivity (Wildman–Crippen MR) is 72.3 cm³/mol. The molecule has 108 valence electrons. The van der Waals surface area contributed by atoms with Crippen LogP contribution in [-0.2, 0) is 10.1 Å². The van der Waals surface area contributed by atoms with Gasteiger partial charge >= 0.3 is 29.6 Å². The number of aromatic hydroxyl groups is 1. The van der Waals surface area contributed by atoms with E-state index in [1.165, 1.54) is 18.2 Å².